The quantitative estimate of drug-likeness (QED) is 0.547. The van der Waals surface area contributed by atoms with E-state index in [1.165, 1.54) is 18.2 Å². The van der Waals surface area contributed by atoms with Gasteiger partial charge >= 0.3 is 5.79 Å². The average molecular weight is 400 g/mol. The van der Waals surface area contributed by atoms with E-state index < -0.39 is 21.0 Å². The third kappa shape index (κ3) is 3.51. The highest BCUT2D eigenvalue weighted by Gasteiger charge is 2.55. The van der Waals surface area contributed by atoms with Crippen LogP contribution < -0.4 is 14.0 Å². The monoisotopic (exact) mass is 399 g/mol. The van der Waals surface area contributed by atoms with Crippen molar-refractivity contribution in [2.75, 3.05) is 0 Å². The number of benzene rings is 2. The molecule has 0 amide bonds. The average Bonchev–Trinajstić information content (AvgIpc) is 2.54. The maximum absolute atomic E-state index is 11.4. The van der Waals surface area contributed by atoms with Crippen molar-refractivity contribution in [1.82, 2.24) is 0 Å². The number of nitrogens with zero attached hydrogens (tertiary/aromatic N) is 1. The maximum Gasteiger partial charge on any atom is 0.415 e. The summed E-state index contributed by atoms with van der Waals surface area (Å²) in [5.74, 6) is -1.88. The Bertz CT molecular complexity index is 892. The number of rotatable bonds is 4. The van der Waals surface area contributed by atoms with E-state index in [2.05, 4.69) is 0 Å². The summed E-state index contributed by atoms with van der Waals surface area (Å²) in [6.07, 6.45) is 1.62. The first-order valence-corrected chi connectivity index (χ1v) is 8.76. The van der Waals surface area contributed by atoms with Crippen molar-refractivity contribution in [2.45, 2.75) is 12.7 Å². The largest absolute Gasteiger partial charge is 0.447 e. The topological polar surface area (TPSA) is 131 Å². The number of nitro benzene ring substituents is 1. The van der Waals surface area contributed by atoms with Crippen LogP contribution in [0.4, 0.5) is 5.69 Å². The third-order valence-corrected chi connectivity index (χ3v) is 4.34. The molecule has 0 saturated heterocycles. The van der Waals surface area contributed by atoms with E-state index in [0.29, 0.717) is 5.56 Å². The van der Waals surface area contributed by atoms with Gasteiger partial charge in [0.1, 0.15) is 4.29 Å². The Morgan fingerprint density at radius 3 is 2.38 bits per heavy atom. The van der Waals surface area contributed by atoms with Crippen LogP contribution in [0.2, 0.25) is 5.02 Å². The number of hydrogen-bond donors (Lipinski definition) is 0. The predicted octanol–water partition coefficient (Wildman–Crippen LogP) is 0.754. The van der Waals surface area contributed by atoms with E-state index in [1.54, 1.807) is 25.1 Å². The molecule has 0 saturated carbocycles. The van der Waals surface area contributed by atoms with Gasteiger partial charge in [-0.1, -0.05) is 17.7 Å². The first-order chi connectivity index (χ1) is 12.1. The van der Waals surface area contributed by atoms with Crippen molar-refractivity contribution in [1.29, 1.82) is 0 Å². The summed E-state index contributed by atoms with van der Waals surface area (Å²) in [4.78, 5) is 10.2. The van der Waals surface area contributed by atoms with Gasteiger partial charge in [0.2, 0.25) is 0 Å². The number of ether oxygens (including phenoxy) is 1. The minimum Gasteiger partial charge on any atom is -0.447 e. The van der Waals surface area contributed by atoms with Crippen LogP contribution in [-0.2, 0) is 14.8 Å². The van der Waals surface area contributed by atoms with Gasteiger partial charge in [-0.05, 0) is 42.8 Å². The van der Waals surface area contributed by atoms with Crippen LogP contribution in [0.5, 0.6) is 0 Å². The zero-order chi connectivity index (χ0) is 19.1. The lowest BCUT2D eigenvalue weighted by Gasteiger charge is -2.34. The van der Waals surface area contributed by atoms with Gasteiger partial charge in [0.15, 0.2) is 0 Å². The van der Waals surface area contributed by atoms with Gasteiger partial charge in [-0.2, -0.15) is 14.0 Å². The van der Waals surface area contributed by atoms with E-state index >= 15 is 0 Å². The molecule has 10 heteroatoms. The van der Waals surface area contributed by atoms with E-state index in [0.717, 1.165) is 12.1 Å². The van der Waals surface area contributed by atoms with Crippen molar-refractivity contribution in [3.05, 3.63) is 80.1 Å². The SMILES string of the molecule is CC1=Cc2ccc(Cl)cc2C(O[Cl+3]([O-])([O-])[O-])(c2ccc([N+](=O)[O-])cc2)O1. The highest BCUT2D eigenvalue weighted by atomic mass is 35.7. The minimum atomic E-state index is -4.91. The van der Waals surface area contributed by atoms with Crippen molar-refractivity contribution >= 4 is 23.4 Å². The molecule has 2 aromatic rings. The zero-order valence-electron chi connectivity index (χ0n) is 13.2. The lowest BCUT2D eigenvalue weighted by Crippen LogP contribution is -2.64. The van der Waals surface area contributed by atoms with Crippen LogP contribution in [0, 0.1) is 20.4 Å². The molecular weight excluding hydrogens is 389 g/mol. The summed E-state index contributed by atoms with van der Waals surface area (Å²) in [5.41, 5.74) is 0.554. The van der Waals surface area contributed by atoms with Gasteiger partial charge in [0, 0.05) is 22.7 Å². The number of non-ortho nitro benzene ring substituents is 1. The van der Waals surface area contributed by atoms with E-state index in [1.807, 2.05) is 0 Å². The fourth-order valence-corrected chi connectivity index (χ4v) is 3.36. The zero-order valence-corrected chi connectivity index (χ0v) is 14.7. The van der Waals surface area contributed by atoms with Crippen molar-refractivity contribution in [3.8, 4) is 0 Å². The first kappa shape index (κ1) is 18.6. The molecule has 1 aliphatic heterocycles. The summed E-state index contributed by atoms with van der Waals surface area (Å²) in [7, 11) is -4.91. The number of halogens is 2. The lowest BCUT2D eigenvalue weighted by atomic mass is 9.91. The van der Waals surface area contributed by atoms with Gasteiger partial charge in [0.25, 0.3) is 5.69 Å². The summed E-state index contributed by atoms with van der Waals surface area (Å²) in [6.45, 7) is 1.55. The Balaban J connectivity index is 2.25. The molecule has 26 heavy (non-hydrogen) atoms. The van der Waals surface area contributed by atoms with Crippen LogP contribution >= 0.6 is 11.6 Å². The molecule has 0 radical (unpaired) electrons. The second kappa shape index (κ2) is 6.51. The van der Waals surface area contributed by atoms with Crippen LogP contribution in [-0.4, -0.2) is 4.92 Å². The molecule has 0 fully saturated rings. The third-order valence-electron chi connectivity index (χ3n) is 3.69. The minimum absolute atomic E-state index is 0.0750. The van der Waals surface area contributed by atoms with Crippen molar-refractivity contribution in [3.63, 3.8) is 0 Å². The second-order valence-electron chi connectivity index (χ2n) is 5.46. The molecule has 2 aromatic carbocycles. The molecule has 136 valence electrons. The Morgan fingerprint density at radius 2 is 1.81 bits per heavy atom. The van der Waals surface area contributed by atoms with Crippen LogP contribution in [0.3, 0.4) is 0 Å². The molecule has 1 heterocycles. The molecule has 0 spiro atoms. The molecule has 3 rings (SSSR count). The summed E-state index contributed by atoms with van der Waals surface area (Å²) in [5, 5.41) is 11.1. The predicted molar refractivity (Wildman–Crippen MR) is 81.1 cm³/mol. The maximum atomic E-state index is 11.4. The number of fused-ring (bicyclic) bond motifs is 1. The summed E-state index contributed by atoms with van der Waals surface area (Å²) < 4.78 is 44.7. The van der Waals surface area contributed by atoms with Crippen LogP contribution in [0.1, 0.15) is 23.6 Å². The molecule has 1 aliphatic rings. The Kier molecular flexibility index (Phi) is 4.65. The van der Waals surface area contributed by atoms with E-state index in [-0.39, 0.29) is 27.6 Å². The number of nitro groups is 1. The highest BCUT2D eigenvalue weighted by Crippen LogP contribution is 2.45. The Hall–Kier alpha value is -2.20. The smallest absolute Gasteiger partial charge is 0.415 e. The highest BCUT2D eigenvalue weighted by molar-refractivity contribution is 6.30. The van der Waals surface area contributed by atoms with Gasteiger partial charge in [-0.3, -0.25) is 10.1 Å². The van der Waals surface area contributed by atoms with Crippen molar-refractivity contribution < 1.29 is 38.2 Å². The fraction of sp³-hybridized carbons (Fsp3) is 0.125. The first-order valence-electron chi connectivity index (χ1n) is 7.14. The number of allylic oxidation sites excluding steroid dienone is 1. The second-order valence-corrected chi connectivity index (χ2v) is 6.81. The van der Waals surface area contributed by atoms with Gasteiger partial charge in [0.05, 0.1) is 26.5 Å². The fourth-order valence-electron chi connectivity index (χ4n) is 2.72. The molecule has 8 nitrogen and oxygen atoms in total. The molecule has 0 N–H and O–H groups in total. The lowest BCUT2D eigenvalue weighted by molar-refractivity contribution is -1.92. The molecular formula is C16H11Cl2NO7. The Labute approximate surface area is 154 Å². The standard InChI is InChI=1S/C16H11Cl2NO7/c1-10-8-11-2-5-13(17)9-15(11)16(25-10,26-18(20,21)22)12-3-6-14(7-4-12)19(23)24/h2-9H,1H3. The van der Waals surface area contributed by atoms with Gasteiger partial charge in [-0.15, -0.1) is 0 Å². The molecule has 0 aromatic heterocycles. The normalized spacial score (nSPS) is 19.3. The molecule has 0 bridgehead atoms. The van der Waals surface area contributed by atoms with Crippen LogP contribution in [0.25, 0.3) is 6.08 Å². The van der Waals surface area contributed by atoms with Gasteiger partial charge in [-0.25, -0.2) is 0 Å². The van der Waals surface area contributed by atoms with Gasteiger partial charge < -0.3 is 4.74 Å². The molecule has 0 aliphatic carbocycles. The summed E-state index contributed by atoms with van der Waals surface area (Å²) >= 11 is 6.01. The van der Waals surface area contributed by atoms with Crippen LogP contribution in [0.15, 0.2) is 48.2 Å². The summed E-state index contributed by atoms with van der Waals surface area (Å²) in [6, 6.07) is 9.40. The van der Waals surface area contributed by atoms with E-state index in [9.17, 15) is 24.1 Å². The Morgan fingerprint density at radius 1 is 1.15 bits per heavy atom. The van der Waals surface area contributed by atoms with Crippen molar-refractivity contribution in [2.24, 2.45) is 0 Å². The number of hydrogen-bond acceptors (Lipinski definition) is 7. The molecule has 1 unspecified atom stereocenters. The van der Waals surface area contributed by atoms with E-state index in [4.69, 9.17) is 20.6 Å². The molecule has 1 atom stereocenters.